The molecule has 8 rings (SSSR count). The maximum atomic E-state index is 14.5. The topological polar surface area (TPSA) is 117 Å². The molecular formula is C40H36F2N6O4S. The Hall–Kier alpha value is -5.53. The van der Waals surface area contributed by atoms with Crippen molar-refractivity contribution in [2.24, 2.45) is 5.41 Å². The number of nitrogens with zero attached hydrogens (tertiary/aromatic N) is 4. The van der Waals surface area contributed by atoms with Gasteiger partial charge in [-0.15, -0.1) is 11.3 Å². The van der Waals surface area contributed by atoms with E-state index in [2.05, 4.69) is 20.5 Å². The van der Waals surface area contributed by atoms with E-state index in [0.717, 1.165) is 55.3 Å². The van der Waals surface area contributed by atoms with Gasteiger partial charge in [0.25, 0.3) is 17.7 Å². The summed E-state index contributed by atoms with van der Waals surface area (Å²) in [5.74, 6) is -1.11. The third kappa shape index (κ3) is 6.66. The highest BCUT2D eigenvalue weighted by Crippen LogP contribution is 2.43. The highest BCUT2D eigenvalue weighted by Gasteiger charge is 2.45. The van der Waals surface area contributed by atoms with Crippen LogP contribution < -0.4 is 20.4 Å². The summed E-state index contributed by atoms with van der Waals surface area (Å²) in [6, 6.07) is 19.7. The SMILES string of the molecule is Cc1ccc(C(=O)Nc2ccc(C(=O)N3CCc4cc(C(=O)Nc5c(F)cccc5CF)sc4-c4ncccc43)cc2)c(N2CC3(CCOCC3)C2)n1. The number of aromatic nitrogens is 2. The summed E-state index contributed by atoms with van der Waals surface area (Å²) >= 11 is 1.19. The van der Waals surface area contributed by atoms with Crippen LogP contribution in [-0.4, -0.2) is 60.5 Å². The molecule has 3 aliphatic heterocycles. The van der Waals surface area contributed by atoms with Gasteiger partial charge in [0.05, 0.1) is 26.7 Å². The zero-order valence-corrected chi connectivity index (χ0v) is 29.8. The van der Waals surface area contributed by atoms with Gasteiger partial charge in [-0.2, -0.15) is 0 Å². The normalized spacial score (nSPS) is 15.9. The van der Waals surface area contributed by atoms with Crippen LogP contribution >= 0.6 is 11.3 Å². The average Bonchev–Trinajstić information content (AvgIpc) is 3.53. The number of anilines is 4. The molecular weight excluding hydrogens is 699 g/mol. The number of rotatable bonds is 7. The molecule has 2 saturated heterocycles. The molecule has 6 heterocycles. The van der Waals surface area contributed by atoms with E-state index in [9.17, 15) is 23.2 Å². The van der Waals surface area contributed by atoms with E-state index >= 15 is 0 Å². The Labute approximate surface area is 308 Å². The van der Waals surface area contributed by atoms with E-state index in [1.807, 2.05) is 25.1 Å². The third-order valence-corrected chi connectivity index (χ3v) is 11.4. The lowest BCUT2D eigenvalue weighted by molar-refractivity contribution is -0.000519. The second kappa shape index (κ2) is 14.1. The molecule has 0 unspecified atom stereocenters. The second-order valence-electron chi connectivity index (χ2n) is 13.7. The number of hydrogen-bond acceptors (Lipinski definition) is 8. The Morgan fingerprint density at radius 2 is 1.75 bits per heavy atom. The van der Waals surface area contributed by atoms with Crippen molar-refractivity contribution in [2.75, 3.05) is 53.3 Å². The minimum atomic E-state index is -0.921. The van der Waals surface area contributed by atoms with Gasteiger partial charge in [-0.05, 0) is 92.4 Å². The lowest BCUT2D eigenvalue weighted by atomic mass is 9.73. The van der Waals surface area contributed by atoms with Crippen molar-refractivity contribution in [2.45, 2.75) is 32.9 Å². The van der Waals surface area contributed by atoms with Gasteiger partial charge in [-0.25, -0.2) is 13.8 Å². The van der Waals surface area contributed by atoms with Crippen LogP contribution in [0, 0.1) is 18.2 Å². The van der Waals surface area contributed by atoms with Gasteiger partial charge in [0.2, 0.25) is 0 Å². The fraction of sp³-hybridized carbons (Fsp3) is 0.275. The van der Waals surface area contributed by atoms with Crippen LogP contribution in [0.15, 0.2) is 79.0 Å². The number of benzene rings is 2. The molecule has 270 valence electrons. The van der Waals surface area contributed by atoms with Crippen LogP contribution in [-0.2, 0) is 17.8 Å². The van der Waals surface area contributed by atoms with E-state index in [0.29, 0.717) is 51.9 Å². The predicted molar refractivity (Wildman–Crippen MR) is 200 cm³/mol. The smallest absolute Gasteiger partial charge is 0.265 e. The molecule has 0 radical (unpaired) electrons. The molecule has 1 spiro atoms. The van der Waals surface area contributed by atoms with Crippen LogP contribution in [0.25, 0.3) is 10.6 Å². The molecule has 0 saturated carbocycles. The number of alkyl halides is 1. The minimum absolute atomic E-state index is 0.0524. The number of aryl methyl sites for hydroxylation is 1. The average molecular weight is 735 g/mol. The lowest BCUT2D eigenvalue weighted by Gasteiger charge is -2.53. The first-order chi connectivity index (χ1) is 25.7. The van der Waals surface area contributed by atoms with Crippen molar-refractivity contribution >= 4 is 51.9 Å². The Morgan fingerprint density at radius 3 is 2.53 bits per heavy atom. The molecule has 0 aliphatic carbocycles. The number of fused-ring (bicyclic) bond motifs is 3. The molecule has 2 fully saturated rings. The number of para-hydroxylation sites is 1. The largest absolute Gasteiger partial charge is 0.381 e. The summed E-state index contributed by atoms with van der Waals surface area (Å²) in [4.78, 5) is 55.0. The van der Waals surface area contributed by atoms with Crippen LogP contribution in [0.4, 0.5) is 31.7 Å². The first kappa shape index (κ1) is 34.6. The number of amides is 3. The number of nitrogens with one attached hydrogen (secondary N) is 2. The first-order valence-electron chi connectivity index (χ1n) is 17.5. The highest BCUT2D eigenvalue weighted by atomic mass is 32.1. The monoisotopic (exact) mass is 734 g/mol. The molecule has 10 nitrogen and oxygen atoms in total. The van der Waals surface area contributed by atoms with Gasteiger partial charge in [0.1, 0.15) is 24.0 Å². The minimum Gasteiger partial charge on any atom is -0.381 e. The summed E-state index contributed by atoms with van der Waals surface area (Å²) in [5.41, 5.74) is 4.35. The molecule has 3 aliphatic rings. The Bertz CT molecular complexity index is 2230. The standard InChI is InChI=1S/C40H36F2N6O4S/c1-24-7-12-29(36(44-24)47-22-40(23-47)14-18-52-19-15-40)37(49)45-28-10-8-25(9-11-28)39(51)48-17-13-26-20-32(53-35(26)34-31(48)6-3-16-43-34)38(50)46-33-27(21-41)4-2-5-30(33)42/h2-12,16,20H,13-15,17-19,21-23H2,1H3,(H,45,49)(H,46,50). The van der Waals surface area contributed by atoms with Crippen molar-refractivity contribution in [3.8, 4) is 10.6 Å². The number of halogens is 2. The number of carbonyl (C=O) groups is 3. The molecule has 3 aromatic heterocycles. The molecule has 0 atom stereocenters. The fourth-order valence-electron chi connectivity index (χ4n) is 7.32. The van der Waals surface area contributed by atoms with E-state index in [1.54, 1.807) is 47.5 Å². The van der Waals surface area contributed by atoms with Gasteiger partial charge in [0.15, 0.2) is 0 Å². The zero-order chi connectivity index (χ0) is 36.7. The lowest BCUT2D eigenvalue weighted by Crippen LogP contribution is -2.59. The van der Waals surface area contributed by atoms with Crippen LogP contribution in [0.5, 0.6) is 0 Å². The van der Waals surface area contributed by atoms with Crippen LogP contribution in [0.3, 0.4) is 0 Å². The molecule has 0 bridgehead atoms. The number of hydrogen-bond donors (Lipinski definition) is 2. The summed E-state index contributed by atoms with van der Waals surface area (Å²) < 4.78 is 33.5. The molecule has 2 N–H and O–H groups in total. The summed E-state index contributed by atoms with van der Waals surface area (Å²) in [7, 11) is 0. The molecule has 53 heavy (non-hydrogen) atoms. The van der Waals surface area contributed by atoms with E-state index in [4.69, 9.17) is 9.72 Å². The first-order valence-corrected chi connectivity index (χ1v) is 18.3. The van der Waals surface area contributed by atoms with Crippen LogP contribution in [0.2, 0.25) is 0 Å². The Morgan fingerprint density at radius 1 is 0.962 bits per heavy atom. The van der Waals surface area contributed by atoms with Crippen molar-refractivity contribution < 1.29 is 27.9 Å². The van der Waals surface area contributed by atoms with E-state index in [-0.39, 0.29) is 28.5 Å². The molecule has 13 heteroatoms. The fourth-order valence-corrected chi connectivity index (χ4v) is 8.43. The van der Waals surface area contributed by atoms with Gasteiger partial charge in [-0.1, -0.05) is 12.1 Å². The molecule has 5 aromatic rings. The van der Waals surface area contributed by atoms with Crippen molar-refractivity contribution in [3.05, 3.63) is 118 Å². The zero-order valence-electron chi connectivity index (χ0n) is 29.0. The van der Waals surface area contributed by atoms with E-state index in [1.165, 1.54) is 29.5 Å². The van der Waals surface area contributed by atoms with Crippen LogP contribution in [0.1, 0.15) is 60.1 Å². The second-order valence-corrected chi connectivity index (χ2v) is 14.8. The molecule has 3 amide bonds. The Kier molecular flexibility index (Phi) is 9.21. The number of thiophene rings is 1. The van der Waals surface area contributed by atoms with Gasteiger partial charge < -0.3 is 25.2 Å². The quantitative estimate of drug-likeness (QED) is 0.179. The number of carbonyl (C=O) groups excluding carboxylic acids is 3. The van der Waals surface area contributed by atoms with Crippen molar-refractivity contribution in [1.29, 1.82) is 0 Å². The third-order valence-electron chi connectivity index (χ3n) is 10.2. The number of pyridine rings is 2. The summed E-state index contributed by atoms with van der Waals surface area (Å²) in [6.45, 7) is 4.54. The van der Waals surface area contributed by atoms with Crippen molar-refractivity contribution in [1.82, 2.24) is 9.97 Å². The number of ether oxygens (including phenoxy) is 1. The summed E-state index contributed by atoms with van der Waals surface area (Å²) in [6.07, 6.45) is 4.08. The van der Waals surface area contributed by atoms with Gasteiger partial charge in [0, 0.05) is 67.0 Å². The highest BCUT2D eigenvalue weighted by molar-refractivity contribution is 7.17. The van der Waals surface area contributed by atoms with Gasteiger partial charge in [-0.3, -0.25) is 19.4 Å². The van der Waals surface area contributed by atoms with E-state index < -0.39 is 18.4 Å². The maximum Gasteiger partial charge on any atom is 0.265 e. The Balaban J connectivity index is 0.974. The molecule has 2 aromatic carbocycles. The maximum absolute atomic E-state index is 14.5. The van der Waals surface area contributed by atoms with Gasteiger partial charge >= 0.3 is 0 Å². The summed E-state index contributed by atoms with van der Waals surface area (Å²) in [5, 5.41) is 5.51. The predicted octanol–water partition coefficient (Wildman–Crippen LogP) is 7.45. The van der Waals surface area contributed by atoms with Crippen molar-refractivity contribution in [3.63, 3.8) is 0 Å².